The van der Waals surface area contributed by atoms with E-state index in [4.69, 9.17) is 20.4 Å². The van der Waals surface area contributed by atoms with Crippen molar-refractivity contribution < 1.29 is 49.2 Å². The highest BCUT2D eigenvalue weighted by atomic mass is 16.4. The van der Waals surface area contributed by atoms with Crippen LogP contribution < -0.4 is 10.6 Å². The van der Waals surface area contributed by atoms with E-state index in [0.29, 0.717) is 0 Å². The van der Waals surface area contributed by atoms with Crippen molar-refractivity contribution in [2.24, 2.45) is 0 Å². The molecule has 0 fully saturated rings. The van der Waals surface area contributed by atoms with Crippen LogP contribution in [-0.2, 0) is 19.2 Å². The molecule has 12 nitrogen and oxygen atoms in total. The smallest absolute Gasteiger partial charge is 0.326 e. The molecule has 0 spiro atoms. The number of aliphatic carboxylic acids is 4. The fourth-order valence-electron chi connectivity index (χ4n) is 2.34. The SMILES string of the molecule is O=C(O)CC[C@H](NC(=O)c1cccc(C(=O)N[C@H](CCC(=O)O)C(=O)O)c1)C(=O)O. The highest BCUT2D eigenvalue weighted by Gasteiger charge is 2.24. The molecule has 12 heteroatoms. The molecule has 1 aromatic carbocycles. The molecule has 2 atom stereocenters. The number of carboxylic acids is 4. The van der Waals surface area contributed by atoms with Crippen LogP contribution in [0.2, 0.25) is 0 Å². The third-order valence-electron chi connectivity index (χ3n) is 3.89. The zero-order chi connectivity index (χ0) is 22.8. The van der Waals surface area contributed by atoms with E-state index in [-0.39, 0.29) is 24.0 Å². The lowest BCUT2D eigenvalue weighted by molar-refractivity contribution is -0.142. The molecular weight excluding hydrogens is 404 g/mol. The second kappa shape index (κ2) is 11.1. The molecule has 0 aliphatic heterocycles. The summed E-state index contributed by atoms with van der Waals surface area (Å²) in [4.78, 5) is 68.1. The molecule has 30 heavy (non-hydrogen) atoms. The summed E-state index contributed by atoms with van der Waals surface area (Å²) in [6, 6.07) is 2.04. The first-order chi connectivity index (χ1) is 14.0. The van der Waals surface area contributed by atoms with Gasteiger partial charge >= 0.3 is 23.9 Å². The van der Waals surface area contributed by atoms with Crippen LogP contribution in [0.15, 0.2) is 24.3 Å². The lowest BCUT2D eigenvalue weighted by Crippen LogP contribution is -2.42. The minimum atomic E-state index is -1.46. The van der Waals surface area contributed by atoms with Gasteiger partial charge in [-0.25, -0.2) is 9.59 Å². The van der Waals surface area contributed by atoms with Gasteiger partial charge in [-0.15, -0.1) is 0 Å². The Morgan fingerprint density at radius 2 is 1.07 bits per heavy atom. The van der Waals surface area contributed by atoms with Crippen molar-refractivity contribution in [2.45, 2.75) is 37.8 Å². The van der Waals surface area contributed by atoms with Crippen molar-refractivity contribution in [1.29, 1.82) is 0 Å². The Balaban J connectivity index is 2.89. The molecule has 1 aromatic rings. The second-order valence-electron chi connectivity index (χ2n) is 6.17. The maximum atomic E-state index is 12.3. The van der Waals surface area contributed by atoms with Gasteiger partial charge in [0, 0.05) is 24.0 Å². The normalized spacial score (nSPS) is 12.3. The minimum Gasteiger partial charge on any atom is -0.481 e. The van der Waals surface area contributed by atoms with Crippen LogP contribution >= 0.6 is 0 Å². The Kier molecular flexibility index (Phi) is 8.94. The maximum absolute atomic E-state index is 12.3. The fourth-order valence-corrected chi connectivity index (χ4v) is 2.34. The summed E-state index contributed by atoms with van der Waals surface area (Å²) >= 11 is 0. The molecule has 0 aliphatic carbocycles. The van der Waals surface area contributed by atoms with E-state index in [1.165, 1.54) is 18.2 Å². The Morgan fingerprint density at radius 1 is 0.700 bits per heavy atom. The Morgan fingerprint density at radius 3 is 1.37 bits per heavy atom. The summed E-state index contributed by atoms with van der Waals surface area (Å²) in [6.07, 6.45) is -1.65. The van der Waals surface area contributed by atoms with Gasteiger partial charge in [0.15, 0.2) is 0 Å². The summed E-state index contributed by atoms with van der Waals surface area (Å²) < 4.78 is 0. The lowest BCUT2D eigenvalue weighted by atomic mass is 10.1. The fraction of sp³-hybridized carbons (Fsp3) is 0.333. The van der Waals surface area contributed by atoms with E-state index >= 15 is 0 Å². The van der Waals surface area contributed by atoms with E-state index in [1.807, 2.05) is 0 Å². The molecule has 0 bridgehead atoms. The summed E-state index contributed by atoms with van der Waals surface area (Å²) in [7, 11) is 0. The average molecular weight is 424 g/mol. The Labute approximate surface area is 169 Å². The quantitative estimate of drug-likeness (QED) is 0.260. The molecular formula is C18H20N2O10. The van der Waals surface area contributed by atoms with Crippen LogP contribution in [0.1, 0.15) is 46.4 Å². The minimum absolute atomic E-state index is 0.110. The number of amides is 2. The monoisotopic (exact) mass is 424 g/mol. The molecule has 1 rings (SSSR count). The molecule has 2 amide bonds. The van der Waals surface area contributed by atoms with E-state index in [0.717, 1.165) is 6.07 Å². The zero-order valence-corrected chi connectivity index (χ0v) is 15.5. The van der Waals surface area contributed by atoms with Gasteiger partial charge in [-0.2, -0.15) is 0 Å². The summed E-state index contributed by atoms with van der Waals surface area (Å²) in [5, 5.41) is 39.8. The summed E-state index contributed by atoms with van der Waals surface area (Å²) in [6.45, 7) is 0. The molecule has 0 radical (unpaired) electrons. The molecule has 0 saturated heterocycles. The second-order valence-corrected chi connectivity index (χ2v) is 6.17. The largest absolute Gasteiger partial charge is 0.481 e. The van der Waals surface area contributed by atoms with Gasteiger partial charge in [0.2, 0.25) is 0 Å². The van der Waals surface area contributed by atoms with Crippen molar-refractivity contribution in [3.63, 3.8) is 0 Å². The van der Waals surface area contributed by atoms with Gasteiger partial charge in [0.05, 0.1) is 0 Å². The van der Waals surface area contributed by atoms with E-state index < -0.39 is 60.6 Å². The molecule has 6 N–H and O–H groups in total. The van der Waals surface area contributed by atoms with E-state index in [9.17, 15) is 28.8 Å². The van der Waals surface area contributed by atoms with Gasteiger partial charge in [0.25, 0.3) is 11.8 Å². The maximum Gasteiger partial charge on any atom is 0.326 e. The molecule has 0 aliphatic rings. The standard InChI is InChI=1S/C18H20N2O10/c21-13(22)6-4-11(17(27)28)19-15(25)9-2-1-3-10(8-9)16(26)20-12(18(29)30)5-7-14(23)24/h1-3,8,11-12H,4-7H2,(H,19,25)(H,20,26)(H,21,22)(H,23,24)(H,27,28)(H,29,30)/t11-,12+. The topological polar surface area (TPSA) is 207 Å². The van der Waals surface area contributed by atoms with Gasteiger partial charge in [-0.05, 0) is 31.0 Å². The van der Waals surface area contributed by atoms with Crippen LogP contribution in [-0.4, -0.2) is 68.2 Å². The number of rotatable bonds is 12. The van der Waals surface area contributed by atoms with Crippen LogP contribution in [0.3, 0.4) is 0 Å². The number of carboxylic acid groups (broad SMARTS) is 4. The van der Waals surface area contributed by atoms with Crippen molar-refractivity contribution in [3.05, 3.63) is 35.4 Å². The first-order valence-electron chi connectivity index (χ1n) is 8.62. The Hall–Kier alpha value is -3.96. The van der Waals surface area contributed by atoms with Crippen LogP contribution in [0, 0.1) is 0 Å². The number of nitrogens with one attached hydrogen (secondary N) is 2. The van der Waals surface area contributed by atoms with Gasteiger partial charge in [-0.3, -0.25) is 19.2 Å². The number of hydrogen-bond donors (Lipinski definition) is 6. The molecule has 162 valence electrons. The Bertz CT molecular complexity index is 786. The van der Waals surface area contributed by atoms with Gasteiger partial charge in [-0.1, -0.05) is 6.07 Å². The highest BCUT2D eigenvalue weighted by molar-refractivity contribution is 6.01. The molecule has 0 unspecified atom stereocenters. The zero-order valence-electron chi connectivity index (χ0n) is 15.5. The summed E-state index contributed by atoms with van der Waals surface area (Å²) in [5.74, 6) is -7.07. The number of hydrogen-bond acceptors (Lipinski definition) is 6. The number of benzene rings is 1. The predicted molar refractivity (Wildman–Crippen MR) is 98.0 cm³/mol. The average Bonchev–Trinajstić information content (AvgIpc) is 2.67. The van der Waals surface area contributed by atoms with Crippen molar-refractivity contribution >= 4 is 35.7 Å². The first kappa shape index (κ1) is 24.1. The van der Waals surface area contributed by atoms with Crippen LogP contribution in [0.4, 0.5) is 0 Å². The van der Waals surface area contributed by atoms with Crippen molar-refractivity contribution in [1.82, 2.24) is 10.6 Å². The number of carbonyl (C=O) groups excluding carboxylic acids is 2. The molecule has 0 heterocycles. The predicted octanol–water partition coefficient (Wildman–Crippen LogP) is -0.218. The van der Waals surface area contributed by atoms with E-state index in [2.05, 4.69) is 10.6 Å². The third kappa shape index (κ3) is 7.96. The van der Waals surface area contributed by atoms with E-state index in [1.54, 1.807) is 0 Å². The van der Waals surface area contributed by atoms with Crippen molar-refractivity contribution in [3.8, 4) is 0 Å². The third-order valence-corrected chi connectivity index (χ3v) is 3.89. The van der Waals surface area contributed by atoms with Crippen LogP contribution in [0.25, 0.3) is 0 Å². The highest BCUT2D eigenvalue weighted by Crippen LogP contribution is 2.09. The molecule has 0 aromatic heterocycles. The summed E-state index contributed by atoms with van der Waals surface area (Å²) in [5.41, 5.74) is -0.219. The first-order valence-corrected chi connectivity index (χ1v) is 8.62. The lowest BCUT2D eigenvalue weighted by Gasteiger charge is -2.15. The van der Waals surface area contributed by atoms with Gasteiger partial charge in [0.1, 0.15) is 12.1 Å². The molecule has 0 saturated carbocycles. The van der Waals surface area contributed by atoms with Gasteiger partial charge < -0.3 is 31.1 Å². The van der Waals surface area contributed by atoms with Crippen LogP contribution in [0.5, 0.6) is 0 Å². The number of carbonyl (C=O) groups is 6. The van der Waals surface area contributed by atoms with Crippen molar-refractivity contribution in [2.75, 3.05) is 0 Å².